The van der Waals surface area contributed by atoms with Crippen LogP contribution in [0, 0.1) is 0 Å². The van der Waals surface area contributed by atoms with Crippen molar-refractivity contribution in [1.82, 2.24) is 20.1 Å². The molecule has 0 saturated carbocycles. The highest BCUT2D eigenvalue weighted by Gasteiger charge is 2.13. The second kappa shape index (κ2) is 10.8. The molecule has 1 aliphatic rings. The molecule has 0 bridgehead atoms. The molecule has 2 rings (SSSR count). The Morgan fingerprint density at radius 1 is 1.23 bits per heavy atom. The molecule has 0 aliphatic carbocycles. The summed E-state index contributed by atoms with van der Waals surface area (Å²) < 4.78 is 2.21. The van der Waals surface area contributed by atoms with Crippen molar-refractivity contribution >= 4 is 29.9 Å². The molecule has 7 heteroatoms. The average Bonchev–Trinajstić information content (AvgIpc) is 2.72. The van der Waals surface area contributed by atoms with Gasteiger partial charge in [-0.05, 0) is 19.3 Å². The van der Waals surface area contributed by atoms with Crippen molar-refractivity contribution < 1.29 is 0 Å². The first kappa shape index (κ1) is 19.2. The third-order valence-electron chi connectivity index (χ3n) is 3.91. The van der Waals surface area contributed by atoms with E-state index in [2.05, 4.69) is 32.0 Å². The summed E-state index contributed by atoms with van der Waals surface area (Å²) in [6.07, 6.45) is 9.64. The highest BCUT2D eigenvalue weighted by atomic mass is 127. The molecular formula is C15H29IN6. The zero-order valence-electron chi connectivity index (χ0n) is 13.6. The van der Waals surface area contributed by atoms with Gasteiger partial charge in [0.2, 0.25) is 0 Å². The summed E-state index contributed by atoms with van der Waals surface area (Å²) in [6.45, 7) is 4.64. The molecule has 3 N–H and O–H groups in total. The molecule has 0 fully saturated rings. The lowest BCUT2D eigenvalue weighted by atomic mass is 10.2. The maximum absolute atomic E-state index is 5.89. The topological polar surface area (TPSA) is 81.1 Å². The molecule has 126 valence electrons. The Hall–Kier alpha value is -0.860. The minimum Gasteiger partial charge on any atom is -0.370 e. The fourth-order valence-electron chi connectivity index (χ4n) is 2.64. The minimum atomic E-state index is 0. The van der Waals surface area contributed by atoms with Gasteiger partial charge in [0, 0.05) is 19.5 Å². The maximum Gasteiger partial charge on any atom is 0.189 e. The number of rotatable bonds is 7. The van der Waals surface area contributed by atoms with Gasteiger partial charge in [-0.2, -0.15) is 0 Å². The fraction of sp³-hybridized carbons (Fsp3) is 0.800. The number of aryl methyl sites for hydroxylation is 1. The van der Waals surface area contributed by atoms with Crippen LogP contribution < -0.4 is 11.1 Å². The molecule has 1 aliphatic heterocycles. The number of hydrogen-bond donors (Lipinski definition) is 2. The maximum atomic E-state index is 5.89. The van der Waals surface area contributed by atoms with Crippen molar-refractivity contribution in [3.8, 4) is 0 Å². The number of halogens is 1. The smallest absolute Gasteiger partial charge is 0.189 e. The summed E-state index contributed by atoms with van der Waals surface area (Å²) in [4.78, 5) is 4.38. The van der Waals surface area contributed by atoms with E-state index in [1.165, 1.54) is 38.5 Å². The molecule has 0 radical (unpaired) electrons. The van der Waals surface area contributed by atoms with E-state index >= 15 is 0 Å². The van der Waals surface area contributed by atoms with Crippen LogP contribution in [0.2, 0.25) is 0 Å². The highest BCUT2D eigenvalue weighted by Crippen LogP contribution is 2.14. The Kier molecular flexibility index (Phi) is 9.42. The van der Waals surface area contributed by atoms with Gasteiger partial charge in [-0.15, -0.1) is 34.2 Å². The van der Waals surface area contributed by atoms with Crippen LogP contribution in [0.5, 0.6) is 0 Å². The van der Waals surface area contributed by atoms with E-state index in [0.717, 1.165) is 37.6 Å². The van der Waals surface area contributed by atoms with E-state index < -0.39 is 0 Å². The molecule has 1 aromatic rings. The van der Waals surface area contributed by atoms with Crippen LogP contribution in [-0.4, -0.2) is 27.3 Å². The molecule has 22 heavy (non-hydrogen) atoms. The lowest BCUT2D eigenvalue weighted by molar-refractivity contribution is 0.605. The number of hydrogen-bond acceptors (Lipinski definition) is 3. The van der Waals surface area contributed by atoms with Gasteiger partial charge in [0.1, 0.15) is 12.4 Å². The average molecular weight is 420 g/mol. The fourth-order valence-corrected chi connectivity index (χ4v) is 2.64. The van der Waals surface area contributed by atoms with Crippen LogP contribution in [0.25, 0.3) is 0 Å². The Morgan fingerprint density at radius 2 is 2.09 bits per heavy atom. The molecular weight excluding hydrogens is 391 g/mol. The number of nitrogens with two attached hydrogens (primary N) is 1. The number of nitrogens with one attached hydrogen (secondary N) is 1. The first-order valence-electron chi connectivity index (χ1n) is 8.26. The Balaban J connectivity index is 0.00000242. The summed E-state index contributed by atoms with van der Waals surface area (Å²) >= 11 is 0. The van der Waals surface area contributed by atoms with Crippen LogP contribution in [0.15, 0.2) is 4.99 Å². The van der Waals surface area contributed by atoms with Crippen molar-refractivity contribution in [1.29, 1.82) is 0 Å². The molecule has 1 aromatic heterocycles. The van der Waals surface area contributed by atoms with Gasteiger partial charge in [0.25, 0.3) is 0 Å². The van der Waals surface area contributed by atoms with Crippen LogP contribution in [0.3, 0.4) is 0 Å². The molecule has 0 unspecified atom stereocenters. The number of fused-ring (bicyclic) bond motifs is 1. The van der Waals surface area contributed by atoms with E-state index in [9.17, 15) is 0 Å². The molecule has 2 heterocycles. The van der Waals surface area contributed by atoms with Crippen molar-refractivity contribution in [2.24, 2.45) is 10.7 Å². The van der Waals surface area contributed by atoms with Crippen LogP contribution in [0.4, 0.5) is 0 Å². The SMILES string of the molecule is CCCCCCNC(N)=NCc1nnc2n1CCCCC2.I. The predicted molar refractivity (Wildman–Crippen MR) is 100 cm³/mol. The predicted octanol–water partition coefficient (Wildman–Crippen LogP) is 2.61. The largest absolute Gasteiger partial charge is 0.370 e. The lowest BCUT2D eigenvalue weighted by Gasteiger charge is -2.07. The molecule has 0 amide bonds. The number of aromatic nitrogens is 3. The van der Waals surface area contributed by atoms with Gasteiger partial charge < -0.3 is 15.6 Å². The summed E-state index contributed by atoms with van der Waals surface area (Å²) in [5.74, 6) is 2.55. The second-order valence-electron chi connectivity index (χ2n) is 5.68. The van der Waals surface area contributed by atoms with E-state index in [1.807, 2.05) is 0 Å². The summed E-state index contributed by atoms with van der Waals surface area (Å²) in [7, 11) is 0. The van der Waals surface area contributed by atoms with E-state index in [1.54, 1.807) is 0 Å². The van der Waals surface area contributed by atoms with Gasteiger partial charge in [0.15, 0.2) is 11.8 Å². The summed E-state index contributed by atoms with van der Waals surface area (Å²) in [6, 6.07) is 0. The monoisotopic (exact) mass is 420 g/mol. The van der Waals surface area contributed by atoms with Gasteiger partial charge in [-0.1, -0.05) is 32.6 Å². The van der Waals surface area contributed by atoms with Gasteiger partial charge in [-0.25, -0.2) is 4.99 Å². The zero-order valence-corrected chi connectivity index (χ0v) is 15.9. The molecule has 0 aromatic carbocycles. The lowest BCUT2D eigenvalue weighted by Crippen LogP contribution is -2.32. The summed E-state index contributed by atoms with van der Waals surface area (Å²) in [5, 5.41) is 11.7. The Labute approximate surface area is 150 Å². The summed E-state index contributed by atoms with van der Waals surface area (Å²) in [5.41, 5.74) is 5.89. The van der Waals surface area contributed by atoms with Crippen molar-refractivity contribution in [3.63, 3.8) is 0 Å². The van der Waals surface area contributed by atoms with Crippen molar-refractivity contribution in [2.45, 2.75) is 71.4 Å². The third kappa shape index (κ3) is 6.10. The molecule has 0 spiro atoms. The Morgan fingerprint density at radius 3 is 2.91 bits per heavy atom. The molecule has 6 nitrogen and oxygen atoms in total. The number of guanidine groups is 1. The normalized spacial score (nSPS) is 14.9. The van der Waals surface area contributed by atoms with Crippen molar-refractivity contribution in [3.05, 3.63) is 11.6 Å². The van der Waals surface area contributed by atoms with Crippen molar-refractivity contribution in [2.75, 3.05) is 6.54 Å². The van der Waals surface area contributed by atoms with Crippen LogP contribution in [-0.2, 0) is 19.5 Å². The Bertz CT molecular complexity index is 457. The van der Waals surface area contributed by atoms with Crippen LogP contribution >= 0.6 is 24.0 Å². The van der Waals surface area contributed by atoms with E-state index in [0.29, 0.717) is 12.5 Å². The minimum absolute atomic E-state index is 0. The van der Waals surface area contributed by atoms with Crippen LogP contribution in [0.1, 0.15) is 63.5 Å². The van der Waals surface area contributed by atoms with Gasteiger partial charge in [-0.3, -0.25) is 0 Å². The third-order valence-corrected chi connectivity index (χ3v) is 3.91. The first-order valence-corrected chi connectivity index (χ1v) is 8.26. The molecule has 0 atom stereocenters. The standard InChI is InChI=1S/C15H28N6.HI/c1-2-3-4-7-10-17-15(16)18-12-14-20-19-13-9-6-5-8-11-21(13)14;/h2-12H2,1H3,(H3,16,17,18);1H. The highest BCUT2D eigenvalue weighted by molar-refractivity contribution is 14.0. The number of nitrogens with zero attached hydrogens (tertiary/aromatic N) is 4. The first-order chi connectivity index (χ1) is 10.3. The van der Waals surface area contributed by atoms with Gasteiger partial charge in [0.05, 0.1) is 0 Å². The zero-order chi connectivity index (χ0) is 14.9. The molecule has 0 saturated heterocycles. The second-order valence-corrected chi connectivity index (χ2v) is 5.68. The quantitative estimate of drug-likeness (QED) is 0.308. The van der Waals surface area contributed by atoms with E-state index in [4.69, 9.17) is 5.73 Å². The number of aliphatic imine (C=N–C) groups is 1. The van der Waals surface area contributed by atoms with E-state index in [-0.39, 0.29) is 24.0 Å². The van der Waals surface area contributed by atoms with Gasteiger partial charge >= 0.3 is 0 Å². The number of unbranched alkanes of at least 4 members (excludes halogenated alkanes) is 3.